The van der Waals surface area contributed by atoms with Gasteiger partial charge in [-0.25, -0.2) is 0 Å². The topological polar surface area (TPSA) is 49.9 Å². The molecule has 0 unspecified atom stereocenters. The minimum atomic E-state index is 0.0292. The van der Waals surface area contributed by atoms with E-state index in [0.717, 1.165) is 16.9 Å². The summed E-state index contributed by atoms with van der Waals surface area (Å²) >= 11 is 0. The van der Waals surface area contributed by atoms with E-state index in [-0.39, 0.29) is 11.8 Å². The number of carbonyl (C=O) groups excluding carboxylic acids is 2. The fourth-order valence-corrected chi connectivity index (χ4v) is 2.20. The smallest absolute Gasteiger partial charge is 0.219 e. The number of benzene rings is 1. The molecule has 1 aliphatic rings. The van der Waals surface area contributed by atoms with Gasteiger partial charge in [-0.2, -0.15) is 0 Å². The van der Waals surface area contributed by atoms with Gasteiger partial charge < -0.3 is 14.5 Å². The van der Waals surface area contributed by atoms with Crippen LogP contribution in [0.15, 0.2) is 18.2 Å². The Kier molecular flexibility index (Phi) is 4.27. The second-order valence-corrected chi connectivity index (χ2v) is 5.11. The summed E-state index contributed by atoms with van der Waals surface area (Å²) in [6.45, 7) is 5.35. The number of nitrogens with zero attached hydrogens (tertiary/aromatic N) is 2. The lowest BCUT2D eigenvalue weighted by molar-refractivity contribution is -0.129. The van der Waals surface area contributed by atoms with Gasteiger partial charge in [0.25, 0.3) is 0 Å². The molecule has 0 atom stereocenters. The van der Waals surface area contributed by atoms with Gasteiger partial charge in [0.15, 0.2) is 0 Å². The number of rotatable bonds is 2. The molecule has 5 nitrogen and oxygen atoms in total. The number of carbonyl (C=O) groups is 2. The molecular formula is C15H20N2O3. The first kappa shape index (κ1) is 14.4. The summed E-state index contributed by atoms with van der Waals surface area (Å²) in [5.74, 6) is 0.900. The Balaban J connectivity index is 2.21. The molecular weight excluding hydrogens is 256 g/mol. The molecule has 1 aliphatic heterocycles. The summed E-state index contributed by atoms with van der Waals surface area (Å²) in [4.78, 5) is 26.2. The molecule has 2 amide bonds. The van der Waals surface area contributed by atoms with Gasteiger partial charge in [0.1, 0.15) is 12.4 Å². The summed E-state index contributed by atoms with van der Waals surface area (Å²) in [5.41, 5.74) is 2.03. The van der Waals surface area contributed by atoms with Crippen molar-refractivity contribution in [2.45, 2.75) is 26.9 Å². The van der Waals surface area contributed by atoms with Crippen molar-refractivity contribution < 1.29 is 14.3 Å². The van der Waals surface area contributed by atoms with Crippen molar-refractivity contribution in [1.29, 1.82) is 0 Å². The number of fused-ring (bicyclic) bond motifs is 1. The standard InChI is InChI=1S/C15H20N2O3/c1-11(18)16(3)9-13-4-5-15-14(8-13)10-17(12(2)19)6-7-20-15/h4-5,8H,6-7,9-10H2,1-3H3. The minimum absolute atomic E-state index is 0.0292. The molecule has 0 fully saturated rings. The van der Waals surface area contributed by atoms with Crippen molar-refractivity contribution in [1.82, 2.24) is 9.80 Å². The van der Waals surface area contributed by atoms with Crippen molar-refractivity contribution in [2.24, 2.45) is 0 Å². The zero-order valence-corrected chi connectivity index (χ0v) is 12.2. The molecule has 0 radical (unpaired) electrons. The van der Waals surface area contributed by atoms with E-state index in [0.29, 0.717) is 26.2 Å². The fourth-order valence-electron chi connectivity index (χ4n) is 2.20. The van der Waals surface area contributed by atoms with Crippen LogP contribution in [-0.4, -0.2) is 41.8 Å². The third-order valence-electron chi connectivity index (χ3n) is 3.51. The molecule has 5 heteroatoms. The van der Waals surface area contributed by atoms with Gasteiger partial charge in [-0.1, -0.05) is 6.07 Å². The van der Waals surface area contributed by atoms with Crippen LogP contribution in [-0.2, 0) is 22.7 Å². The third kappa shape index (κ3) is 3.29. The second kappa shape index (κ2) is 5.94. The number of ether oxygens (including phenoxy) is 1. The highest BCUT2D eigenvalue weighted by Gasteiger charge is 2.17. The van der Waals surface area contributed by atoms with Crippen molar-refractivity contribution in [2.75, 3.05) is 20.2 Å². The second-order valence-electron chi connectivity index (χ2n) is 5.11. The van der Waals surface area contributed by atoms with Crippen LogP contribution in [0.5, 0.6) is 5.75 Å². The SMILES string of the molecule is CC(=O)N(C)Cc1ccc2c(c1)CN(C(C)=O)CCO2. The van der Waals surface area contributed by atoms with Crippen molar-refractivity contribution in [3.63, 3.8) is 0 Å². The molecule has 1 heterocycles. The summed E-state index contributed by atoms with van der Waals surface area (Å²) < 4.78 is 5.66. The highest BCUT2D eigenvalue weighted by molar-refractivity contribution is 5.73. The molecule has 108 valence electrons. The molecule has 20 heavy (non-hydrogen) atoms. The van der Waals surface area contributed by atoms with Crippen LogP contribution in [0.4, 0.5) is 0 Å². The van der Waals surface area contributed by atoms with Crippen LogP contribution < -0.4 is 4.74 Å². The summed E-state index contributed by atoms with van der Waals surface area (Å²) in [6, 6.07) is 5.89. The number of amides is 2. The lowest BCUT2D eigenvalue weighted by Gasteiger charge is -2.18. The highest BCUT2D eigenvalue weighted by atomic mass is 16.5. The molecule has 0 N–H and O–H groups in total. The van der Waals surface area contributed by atoms with E-state index in [1.807, 2.05) is 18.2 Å². The Bertz CT molecular complexity index is 528. The normalized spacial score (nSPS) is 14.1. The third-order valence-corrected chi connectivity index (χ3v) is 3.51. The monoisotopic (exact) mass is 276 g/mol. The van der Waals surface area contributed by atoms with E-state index in [2.05, 4.69) is 0 Å². The number of hydrogen-bond donors (Lipinski definition) is 0. The van der Waals surface area contributed by atoms with Gasteiger partial charge in [0, 0.05) is 39.5 Å². The minimum Gasteiger partial charge on any atom is -0.491 e. The highest BCUT2D eigenvalue weighted by Crippen LogP contribution is 2.25. The van der Waals surface area contributed by atoms with Crippen molar-refractivity contribution in [3.8, 4) is 5.75 Å². The largest absolute Gasteiger partial charge is 0.491 e. The lowest BCUT2D eigenvalue weighted by Crippen LogP contribution is -2.30. The molecule has 1 aromatic carbocycles. The first-order valence-corrected chi connectivity index (χ1v) is 6.69. The van der Waals surface area contributed by atoms with Gasteiger partial charge in [0.2, 0.25) is 11.8 Å². The average molecular weight is 276 g/mol. The van der Waals surface area contributed by atoms with E-state index >= 15 is 0 Å². The van der Waals surface area contributed by atoms with Crippen LogP contribution in [0.2, 0.25) is 0 Å². The Labute approximate surface area is 119 Å². The Hall–Kier alpha value is -2.04. The van der Waals surface area contributed by atoms with Crippen LogP contribution in [0, 0.1) is 0 Å². The van der Waals surface area contributed by atoms with E-state index in [4.69, 9.17) is 4.74 Å². The lowest BCUT2D eigenvalue weighted by atomic mass is 10.1. The van der Waals surface area contributed by atoms with E-state index in [1.165, 1.54) is 0 Å². The Morgan fingerprint density at radius 2 is 2.10 bits per heavy atom. The van der Waals surface area contributed by atoms with Gasteiger partial charge in [-0.05, 0) is 17.7 Å². The molecule has 0 aromatic heterocycles. The summed E-state index contributed by atoms with van der Waals surface area (Å²) in [6.07, 6.45) is 0. The zero-order chi connectivity index (χ0) is 14.7. The molecule has 0 spiro atoms. The van der Waals surface area contributed by atoms with E-state index in [1.54, 1.807) is 30.7 Å². The Morgan fingerprint density at radius 1 is 1.35 bits per heavy atom. The average Bonchev–Trinajstić information content (AvgIpc) is 2.60. The maximum Gasteiger partial charge on any atom is 0.219 e. The van der Waals surface area contributed by atoms with Crippen LogP contribution in [0.25, 0.3) is 0 Å². The number of hydrogen-bond acceptors (Lipinski definition) is 3. The zero-order valence-electron chi connectivity index (χ0n) is 12.2. The van der Waals surface area contributed by atoms with E-state index < -0.39 is 0 Å². The maximum absolute atomic E-state index is 11.5. The van der Waals surface area contributed by atoms with Crippen molar-refractivity contribution in [3.05, 3.63) is 29.3 Å². The Morgan fingerprint density at radius 3 is 2.75 bits per heavy atom. The van der Waals surface area contributed by atoms with E-state index in [9.17, 15) is 9.59 Å². The molecule has 2 rings (SSSR count). The van der Waals surface area contributed by atoms with Crippen LogP contribution in [0.1, 0.15) is 25.0 Å². The van der Waals surface area contributed by atoms with Gasteiger partial charge >= 0.3 is 0 Å². The molecule has 0 saturated carbocycles. The van der Waals surface area contributed by atoms with Gasteiger partial charge in [-0.3, -0.25) is 9.59 Å². The predicted molar refractivity (Wildman–Crippen MR) is 75.2 cm³/mol. The first-order chi connectivity index (χ1) is 9.47. The molecule has 0 saturated heterocycles. The first-order valence-electron chi connectivity index (χ1n) is 6.69. The van der Waals surface area contributed by atoms with Crippen molar-refractivity contribution >= 4 is 11.8 Å². The predicted octanol–water partition coefficient (Wildman–Crippen LogP) is 1.41. The quantitative estimate of drug-likeness (QED) is 0.820. The van der Waals surface area contributed by atoms with Crippen LogP contribution >= 0.6 is 0 Å². The summed E-state index contributed by atoms with van der Waals surface area (Å²) in [7, 11) is 1.77. The molecule has 0 aliphatic carbocycles. The van der Waals surface area contributed by atoms with Gasteiger partial charge in [-0.15, -0.1) is 0 Å². The summed E-state index contributed by atoms with van der Waals surface area (Å²) in [5, 5.41) is 0. The van der Waals surface area contributed by atoms with Gasteiger partial charge in [0.05, 0.1) is 6.54 Å². The molecule has 0 bridgehead atoms. The maximum atomic E-state index is 11.5. The van der Waals surface area contributed by atoms with Crippen LogP contribution in [0.3, 0.4) is 0 Å². The fraction of sp³-hybridized carbons (Fsp3) is 0.467. The molecule has 1 aromatic rings.